The molecule has 0 aliphatic carbocycles. The Balaban J connectivity index is 1.87. The first-order chi connectivity index (χ1) is 14.0. The Morgan fingerprint density at radius 1 is 1.17 bits per heavy atom. The second-order valence-electron chi connectivity index (χ2n) is 7.41. The molecule has 0 spiro atoms. The van der Waals surface area contributed by atoms with Crippen LogP contribution >= 0.6 is 0 Å². The number of carbonyl (C=O) groups is 2. The largest absolute Gasteiger partial charge is 0.375 e. The number of morpholine rings is 1. The first kappa shape index (κ1) is 21.0. The highest BCUT2D eigenvalue weighted by molar-refractivity contribution is 5.87. The molecule has 0 aromatic heterocycles. The number of hydrogen-bond donors (Lipinski definition) is 1. The molecule has 1 atom stereocenters. The number of benzene rings is 2. The molecular weight excluding hydrogens is 368 g/mol. The van der Waals surface area contributed by atoms with Crippen LogP contribution in [0.2, 0.25) is 0 Å². The third-order valence-corrected chi connectivity index (χ3v) is 5.25. The van der Waals surface area contributed by atoms with E-state index in [1.807, 2.05) is 12.1 Å². The van der Waals surface area contributed by atoms with Crippen molar-refractivity contribution >= 4 is 11.8 Å². The van der Waals surface area contributed by atoms with E-state index in [9.17, 15) is 9.59 Å². The zero-order valence-corrected chi connectivity index (χ0v) is 17.2. The number of nitrogens with one attached hydrogen (secondary N) is 1. The Bertz CT molecular complexity index is 865. The van der Waals surface area contributed by atoms with Crippen molar-refractivity contribution in [3.8, 4) is 11.1 Å². The highest BCUT2D eigenvalue weighted by Crippen LogP contribution is 2.27. The molecule has 1 aliphatic heterocycles. The van der Waals surface area contributed by atoms with Gasteiger partial charge in [-0.3, -0.25) is 9.59 Å². The fraction of sp³-hybridized carbons (Fsp3) is 0.391. The third kappa shape index (κ3) is 4.83. The van der Waals surface area contributed by atoms with Crippen LogP contribution < -0.4 is 5.32 Å². The van der Waals surface area contributed by atoms with E-state index in [-0.39, 0.29) is 25.0 Å². The van der Waals surface area contributed by atoms with Crippen LogP contribution in [-0.2, 0) is 25.5 Å². The fourth-order valence-corrected chi connectivity index (χ4v) is 3.70. The van der Waals surface area contributed by atoms with Gasteiger partial charge >= 0.3 is 0 Å². The van der Waals surface area contributed by atoms with Gasteiger partial charge in [0.05, 0.1) is 13.2 Å². The number of hydrogen-bond acceptors (Lipinski definition) is 4. The van der Waals surface area contributed by atoms with Crippen LogP contribution in [0.25, 0.3) is 11.1 Å². The summed E-state index contributed by atoms with van der Waals surface area (Å²) < 4.78 is 11.0. The summed E-state index contributed by atoms with van der Waals surface area (Å²) in [6.07, 6.45) is 0.378. The topological polar surface area (TPSA) is 67.9 Å². The summed E-state index contributed by atoms with van der Waals surface area (Å²) in [6.45, 7) is 3.01. The molecule has 3 rings (SSSR count). The number of methoxy groups -OCH3 is 1. The van der Waals surface area contributed by atoms with E-state index in [2.05, 4.69) is 48.6 Å². The van der Waals surface area contributed by atoms with Crippen molar-refractivity contribution in [2.24, 2.45) is 0 Å². The van der Waals surface area contributed by atoms with Crippen molar-refractivity contribution in [2.45, 2.75) is 18.9 Å². The first-order valence-corrected chi connectivity index (χ1v) is 9.76. The van der Waals surface area contributed by atoms with Gasteiger partial charge in [0, 0.05) is 27.1 Å². The number of nitrogens with zero attached hydrogens (tertiary/aromatic N) is 1. The average Bonchev–Trinajstić information content (AvgIpc) is 2.74. The summed E-state index contributed by atoms with van der Waals surface area (Å²) in [7, 11) is 3.08. The maximum Gasteiger partial charge on any atom is 0.254 e. The van der Waals surface area contributed by atoms with Gasteiger partial charge in [0.1, 0.15) is 6.61 Å². The molecule has 0 unspecified atom stereocenters. The average molecular weight is 396 g/mol. The van der Waals surface area contributed by atoms with E-state index in [1.54, 1.807) is 11.9 Å². The quantitative estimate of drug-likeness (QED) is 0.813. The minimum Gasteiger partial charge on any atom is -0.375 e. The minimum absolute atomic E-state index is 0.00721. The van der Waals surface area contributed by atoms with E-state index in [0.717, 1.165) is 16.7 Å². The SMILES string of the molecule is CNC(=O)[C@@]1(Cc2cccc(-c3ccc(C)cc3)c2)CN(C(=O)COC)CCO1. The van der Waals surface area contributed by atoms with Crippen molar-refractivity contribution in [1.82, 2.24) is 10.2 Å². The van der Waals surface area contributed by atoms with Crippen LogP contribution in [0.5, 0.6) is 0 Å². The Morgan fingerprint density at radius 3 is 2.62 bits per heavy atom. The molecule has 0 radical (unpaired) electrons. The predicted octanol–water partition coefficient (Wildman–Crippen LogP) is 2.19. The van der Waals surface area contributed by atoms with Gasteiger partial charge in [-0.2, -0.15) is 0 Å². The molecule has 6 heteroatoms. The highest BCUT2D eigenvalue weighted by Gasteiger charge is 2.44. The molecule has 0 saturated carbocycles. The molecule has 2 aromatic rings. The van der Waals surface area contributed by atoms with Crippen LogP contribution in [0, 0.1) is 6.92 Å². The van der Waals surface area contributed by atoms with Gasteiger partial charge in [-0.25, -0.2) is 0 Å². The van der Waals surface area contributed by atoms with E-state index in [0.29, 0.717) is 19.6 Å². The van der Waals surface area contributed by atoms with Crippen molar-refractivity contribution in [1.29, 1.82) is 0 Å². The van der Waals surface area contributed by atoms with Gasteiger partial charge in [0.2, 0.25) is 5.91 Å². The number of ether oxygens (including phenoxy) is 2. The standard InChI is InChI=1S/C23H28N2O4/c1-17-7-9-19(10-8-17)20-6-4-5-18(13-20)14-23(22(27)24-2)16-25(11-12-29-23)21(26)15-28-3/h4-10,13H,11-12,14-16H2,1-3H3,(H,24,27)/t23-/m1/s1. The summed E-state index contributed by atoms with van der Waals surface area (Å²) in [6, 6.07) is 16.4. The van der Waals surface area contributed by atoms with Gasteiger partial charge in [-0.15, -0.1) is 0 Å². The van der Waals surface area contributed by atoms with Crippen molar-refractivity contribution in [3.63, 3.8) is 0 Å². The first-order valence-electron chi connectivity index (χ1n) is 9.76. The number of carbonyl (C=O) groups excluding carboxylic acids is 2. The molecule has 1 aliphatic rings. The van der Waals surface area contributed by atoms with Gasteiger partial charge in [-0.05, 0) is 23.6 Å². The lowest BCUT2D eigenvalue weighted by atomic mass is 9.89. The lowest BCUT2D eigenvalue weighted by Gasteiger charge is -2.41. The number of amides is 2. The molecule has 154 valence electrons. The highest BCUT2D eigenvalue weighted by atomic mass is 16.5. The maximum absolute atomic E-state index is 12.8. The van der Waals surface area contributed by atoms with Crippen LogP contribution in [0.1, 0.15) is 11.1 Å². The van der Waals surface area contributed by atoms with Crippen LogP contribution in [0.3, 0.4) is 0 Å². The Kier molecular flexibility index (Phi) is 6.67. The molecule has 6 nitrogen and oxygen atoms in total. The summed E-state index contributed by atoms with van der Waals surface area (Å²) >= 11 is 0. The number of likely N-dealkylation sites (N-methyl/N-ethyl adjacent to an activating group) is 1. The molecule has 2 aromatic carbocycles. The fourth-order valence-electron chi connectivity index (χ4n) is 3.70. The lowest BCUT2D eigenvalue weighted by Crippen LogP contribution is -2.62. The molecule has 0 bridgehead atoms. The van der Waals surface area contributed by atoms with E-state index in [4.69, 9.17) is 9.47 Å². The maximum atomic E-state index is 12.8. The summed E-state index contributed by atoms with van der Waals surface area (Å²) in [4.78, 5) is 26.8. The number of rotatable bonds is 6. The molecular formula is C23H28N2O4. The summed E-state index contributed by atoms with van der Waals surface area (Å²) in [5, 5.41) is 2.71. The van der Waals surface area contributed by atoms with E-state index >= 15 is 0 Å². The van der Waals surface area contributed by atoms with Crippen LogP contribution in [0.15, 0.2) is 48.5 Å². The van der Waals surface area contributed by atoms with Crippen molar-refractivity contribution in [2.75, 3.05) is 40.5 Å². The van der Waals surface area contributed by atoms with Crippen molar-refractivity contribution in [3.05, 3.63) is 59.7 Å². The van der Waals surface area contributed by atoms with Gasteiger partial charge in [0.25, 0.3) is 5.91 Å². The second kappa shape index (κ2) is 9.20. The molecule has 2 amide bonds. The smallest absolute Gasteiger partial charge is 0.254 e. The Hall–Kier alpha value is -2.70. The summed E-state index contributed by atoms with van der Waals surface area (Å²) in [5.74, 6) is -0.370. The monoisotopic (exact) mass is 396 g/mol. The zero-order chi connectivity index (χ0) is 20.9. The Morgan fingerprint density at radius 2 is 1.93 bits per heavy atom. The lowest BCUT2D eigenvalue weighted by molar-refractivity contribution is -0.167. The van der Waals surface area contributed by atoms with Gasteiger partial charge in [-0.1, -0.05) is 54.1 Å². The van der Waals surface area contributed by atoms with Crippen LogP contribution in [0.4, 0.5) is 0 Å². The molecule has 1 fully saturated rings. The zero-order valence-electron chi connectivity index (χ0n) is 17.2. The molecule has 1 saturated heterocycles. The van der Waals surface area contributed by atoms with Gasteiger partial charge < -0.3 is 19.7 Å². The third-order valence-electron chi connectivity index (χ3n) is 5.25. The van der Waals surface area contributed by atoms with Crippen LogP contribution in [-0.4, -0.2) is 62.8 Å². The van der Waals surface area contributed by atoms with E-state index in [1.165, 1.54) is 12.7 Å². The predicted molar refractivity (Wildman–Crippen MR) is 112 cm³/mol. The molecule has 1 heterocycles. The minimum atomic E-state index is -1.12. The summed E-state index contributed by atoms with van der Waals surface area (Å²) in [5.41, 5.74) is 3.26. The molecule has 29 heavy (non-hydrogen) atoms. The van der Waals surface area contributed by atoms with Gasteiger partial charge in [0.15, 0.2) is 5.60 Å². The Labute approximate surface area is 171 Å². The van der Waals surface area contributed by atoms with E-state index < -0.39 is 5.60 Å². The molecule has 1 N–H and O–H groups in total. The second-order valence-corrected chi connectivity index (χ2v) is 7.41. The number of aryl methyl sites for hydroxylation is 1. The van der Waals surface area contributed by atoms with Crippen molar-refractivity contribution < 1.29 is 19.1 Å². The normalized spacial score (nSPS) is 19.1.